The number of fused-ring (bicyclic) bond motifs is 1. The van der Waals surface area contributed by atoms with Crippen LogP contribution in [0.1, 0.15) is 28.9 Å². The SMILES string of the molecule is CC1c2c(csc2S(N)(=O)=O)C(=O)N1C. The maximum Gasteiger partial charge on any atom is 0.255 e. The van der Waals surface area contributed by atoms with Crippen molar-refractivity contribution >= 4 is 27.3 Å². The monoisotopic (exact) mass is 246 g/mol. The summed E-state index contributed by atoms with van der Waals surface area (Å²) < 4.78 is 22.6. The molecular formula is C8H10N2O3S2. The van der Waals surface area contributed by atoms with Crippen LogP contribution in [-0.2, 0) is 10.0 Å². The number of nitrogens with two attached hydrogens (primary N) is 1. The molecule has 1 aliphatic rings. The second-order valence-corrected chi connectivity index (χ2v) is 6.12. The van der Waals surface area contributed by atoms with Crippen molar-refractivity contribution in [2.75, 3.05) is 7.05 Å². The standard InChI is InChI=1S/C8H10N2O3S2/c1-4-6-5(7(11)10(4)2)3-14-8(6)15(9,12)13/h3-4H,1-2H3,(H2,9,12,13). The van der Waals surface area contributed by atoms with Gasteiger partial charge < -0.3 is 4.90 Å². The van der Waals surface area contributed by atoms with E-state index in [1.54, 1.807) is 19.4 Å². The van der Waals surface area contributed by atoms with Gasteiger partial charge in [0.05, 0.1) is 11.6 Å². The van der Waals surface area contributed by atoms with Crippen LogP contribution < -0.4 is 5.14 Å². The second kappa shape index (κ2) is 3.03. The first-order valence-electron chi connectivity index (χ1n) is 4.25. The number of hydrogen-bond acceptors (Lipinski definition) is 4. The van der Waals surface area contributed by atoms with E-state index in [2.05, 4.69) is 0 Å². The fourth-order valence-corrected chi connectivity index (χ4v) is 3.82. The molecule has 0 bridgehead atoms. The molecule has 2 N–H and O–H groups in total. The average molecular weight is 246 g/mol. The molecule has 1 aromatic heterocycles. The molecule has 1 aromatic rings. The zero-order valence-corrected chi connectivity index (χ0v) is 9.85. The predicted octanol–water partition coefficient (Wildman–Crippen LogP) is 0.542. The Balaban J connectivity index is 2.69. The summed E-state index contributed by atoms with van der Waals surface area (Å²) in [6.07, 6.45) is 0. The highest BCUT2D eigenvalue weighted by Gasteiger charge is 2.37. The zero-order chi connectivity index (χ0) is 11.4. The van der Waals surface area contributed by atoms with Gasteiger partial charge in [-0.25, -0.2) is 13.6 Å². The summed E-state index contributed by atoms with van der Waals surface area (Å²) >= 11 is 1.01. The number of primary sulfonamides is 1. The van der Waals surface area contributed by atoms with E-state index in [0.29, 0.717) is 11.1 Å². The van der Waals surface area contributed by atoms with Crippen molar-refractivity contribution in [2.45, 2.75) is 17.2 Å². The number of sulfonamides is 1. The molecule has 1 unspecified atom stereocenters. The van der Waals surface area contributed by atoms with Crippen molar-refractivity contribution in [3.8, 4) is 0 Å². The fraction of sp³-hybridized carbons (Fsp3) is 0.375. The van der Waals surface area contributed by atoms with Crippen molar-refractivity contribution in [3.63, 3.8) is 0 Å². The number of hydrogen-bond donors (Lipinski definition) is 1. The molecule has 7 heteroatoms. The molecule has 0 fully saturated rings. The Morgan fingerprint density at radius 1 is 1.53 bits per heavy atom. The van der Waals surface area contributed by atoms with Crippen molar-refractivity contribution in [3.05, 3.63) is 16.5 Å². The van der Waals surface area contributed by atoms with Gasteiger partial charge in [-0.2, -0.15) is 0 Å². The molecule has 15 heavy (non-hydrogen) atoms. The molecule has 0 aliphatic carbocycles. The molecule has 2 rings (SSSR count). The van der Waals surface area contributed by atoms with E-state index >= 15 is 0 Å². The maximum atomic E-state index is 11.6. The average Bonchev–Trinajstić information content (AvgIpc) is 2.63. The molecule has 82 valence electrons. The molecule has 0 spiro atoms. The zero-order valence-electron chi connectivity index (χ0n) is 8.22. The van der Waals surface area contributed by atoms with Crippen molar-refractivity contribution in [1.82, 2.24) is 4.90 Å². The minimum absolute atomic E-state index is 0.0997. The Hall–Kier alpha value is -0.920. The first kappa shape index (κ1) is 10.6. The van der Waals surface area contributed by atoms with Crippen molar-refractivity contribution < 1.29 is 13.2 Å². The summed E-state index contributed by atoms with van der Waals surface area (Å²) in [6, 6.07) is -0.230. The summed E-state index contributed by atoms with van der Waals surface area (Å²) in [4.78, 5) is 13.2. The van der Waals surface area contributed by atoms with Crippen LogP contribution in [0.4, 0.5) is 0 Å². The van der Waals surface area contributed by atoms with Crippen LogP contribution in [0.5, 0.6) is 0 Å². The van der Waals surface area contributed by atoms with Crippen LogP contribution in [0.25, 0.3) is 0 Å². The van der Waals surface area contributed by atoms with Crippen molar-refractivity contribution in [1.29, 1.82) is 0 Å². The van der Waals surface area contributed by atoms with Crippen LogP contribution in [0.3, 0.4) is 0 Å². The van der Waals surface area contributed by atoms with E-state index in [1.165, 1.54) is 4.90 Å². The predicted molar refractivity (Wildman–Crippen MR) is 56.2 cm³/mol. The third kappa shape index (κ3) is 1.38. The number of rotatable bonds is 1. The van der Waals surface area contributed by atoms with Gasteiger partial charge in [-0.15, -0.1) is 11.3 Å². The maximum absolute atomic E-state index is 11.6. The van der Waals surface area contributed by atoms with Crippen LogP contribution in [0.15, 0.2) is 9.59 Å². The third-order valence-corrected chi connectivity index (χ3v) is 5.11. The summed E-state index contributed by atoms with van der Waals surface area (Å²) in [7, 11) is -2.08. The van der Waals surface area contributed by atoms with Crippen LogP contribution >= 0.6 is 11.3 Å². The van der Waals surface area contributed by atoms with Gasteiger partial charge in [-0.3, -0.25) is 4.79 Å². The van der Waals surface area contributed by atoms with Gasteiger partial charge in [-0.1, -0.05) is 0 Å². The van der Waals surface area contributed by atoms with Gasteiger partial charge in [0, 0.05) is 18.0 Å². The molecule has 0 saturated carbocycles. The highest BCUT2D eigenvalue weighted by Crippen LogP contribution is 2.39. The van der Waals surface area contributed by atoms with E-state index < -0.39 is 10.0 Å². The van der Waals surface area contributed by atoms with Crippen LogP contribution in [-0.4, -0.2) is 26.3 Å². The summed E-state index contributed by atoms with van der Waals surface area (Å²) in [5, 5.41) is 6.63. The highest BCUT2D eigenvalue weighted by molar-refractivity contribution is 7.91. The number of carbonyl (C=O) groups excluding carboxylic acids is 1. The summed E-state index contributed by atoms with van der Waals surface area (Å²) in [5.74, 6) is -0.149. The molecule has 5 nitrogen and oxygen atoms in total. The fourth-order valence-electron chi connectivity index (χ4n) is 1.69. The van der Waals surface area contributed by atoms with E-state index in [4.69, 9.17) is 5.14 Å². The minimum atomic E-state index is -3.72. The lowest BCUT2D eigenvalue weighted by Gasteiger charge is -2.16. The lowest BCUT2D eigenvalue weighted by atomic mass is 10.1. The van der Waals surface area contributed by atoms with Crippen LogP contribution in [0, 0.1) is 0 Å². The molecule has 0 saturated heterocycles. The highest BCUT2D eigenvalue weighted by atomic mass is 32.2. The van der Waals surface area contributed by atoms with Gasteiger partial charge in [-0.05, 0) is 6.92 Å². The van der Waals surface area contributed by atoms with Gasteiger partial charge >= 0.3 is 0 Å². The molecule has 1 amide bonds. The van der Waals surface area contributed by atoms with Gasteiger partial charge in [0.2, 0.25) is 10.0 Å². The van der Waals surface area contributed by atoms with E-state index in [1.807, 2.05) is 0 Å². The molecule has 0 aromatic carbocycles. The topological polar surface area (TPSA) is 80.5 Å². The Labute approximate surface area is 91.5 Å². The first-order chi connectivity index (χ1) is 6.84. The molecule has 0 radical (unpaired) electrons. The summed E-state index contributed by atoms with van der Waals surface area (Å²) in [5.41, 5.74) is 0.994. The third-order valence-electron chi connectivity index (χ3n) is 2.60. The largest absolute Gasteiger partial charge is 0.335 e. The Morgan fingerprint density at radius 2 is 2.13 bits per heavy atom. The lowest BCUT2D eigenvalue weighted by molar-refractivity contribution is 0.0783. The van der Waals surface area contributed by atoms with E-state index in [0.717, 1.165) is 11.3 Å². The van der Waals surface area contributed by atoms with E-state index in [9.17, 15) is 13.2 Å². The molecule has 2 heterocycles. The normalized spacial score (nSPS) is 20.9. The minimum Gasteiger partial charge on any atom is -0.335 e. The van der Waals surface area contributed by atoms with Crippen LogP contribution in [0.2, 0.25) is 0 Å². The molecular weight excluding hydrogens is 236 g/mol. The Morgan fingerprint density at radius 3 is 2.67 bits per heavy atom. The Kier molecular flexibility index (Phi) is 2.14. The first-order valence-corrected chi connectivity index (χ1v) is 6.68. The number of nitrogens with zero attached hydrogens (tertiary/aromatic N) is 1. The number of carbonyl (C=O) groups is 1. The smallest absolute Gasteiger partial charge is 0.255 e. The lowest BCUT2D eigenvalue weighted by Crippen LogP contribution is -2.22. The van der Waals surface area contributed by atoms with E-state index in [-0.39, 0.29) is 16.2 Å². The van der Waals surface area contributed by atoms with Gasteiger partial charge in [0.25, 0.3) is 5.91 Å². The van der Waals surface area contributed by atoms with Crippen molar-refractivity contribution in [2.24, 2.45) is 5.14 Å². The van der Waals surface area contributed by atoms with Gasteiger partial charge in [0.1, 0.15) is 4.21 Å². The second-order valence-electron chi connectivity index (χ2n) is 3.49. The quantitative estimate of drug-likeness (QED) is 0.785. The Bertz CT molecular complexity index is 532. The molecule has 1 aliphatic heterocycles. The van der Waals surface area contributed by atoms with Gasteiger partial charge in [0.15, 0.2) is 0 Å². The molecule has 1 atom stereocenters. The summed E-state index contributed by atoms with van der Waals surface area (Å²) in [6.45, 7) is 1.78. The number of thiophene rings is 1. The number of amides is 1.